The molecule has 1 aliphatic carbocycles. The highest BCUT2D eigenvalue weighted by atomic mass is 16.4. The number of hydrogen-bond acceptors (Lipinski definition) is 2. The molecular formula is C12H16O2. The van der Waals surface area contributed by atoms with Crippen LogP contribution in [0.4, 0.5) is 0 Å². The van der Waals surface area contributed by atoms with Crippen LogP contribution >= 0.6 is 0 Å². The summed E-state index contributed by atoms with van der Waals surface area (Å²) in [5.74, 6) is 0.859. The van der Waals surface area contributed by atoms with Gasteiger partial charge in [0.1, 0.15) is 5.76 Å². The summed E-state index contributed by atoms with van der Waals surface area (Å²) in [6, 6.07) is 2.08. The molecule has 0 spiro atoms. The molecule has 0 aliphatic heterocycles. The molecule has 1 heterocycles. The van der Waals surface area contributed by atoms with E-state index in [1.807, 2.05) is 0 Å². The lowest BCUT2D eigenvalue weighted by Gasteiger charge is -2.14. The van der Waals surface area contributed by atoms with E-state index in [4.69, 9.17) is 4.42 Å². The summed E-state index contributed by atoms with van der Waals surface area (Å²) < 4.78 is 5.26. The zero-order chi connectivity index (χ0) is 9.97. The second-order valence-corrected chi connectivity index (χ2v) is 3.96. The van der Waals surface area contributed by atoms with Gasteiger partial charge in [0.25, 0.3) is 0 Å². The Kier molecular flexibility index (Phi) is 2.71. The summed E-state index contributed by atoms with van der Waals surface area (Å²) in [5, 5.41) is 0. The van der Waals surface area contributed by atoms with Crippen LogP contribution in [0, 0.1) is 0 Å². The second kappa shape index (κ2) is 3.99. The van der Waals surface area contributed by atoms with Crippen molar-refractivity contribution in [3.8, 4) is 0 Å². The minimum Gasteiger partial charge on any atom is -0.428 e. The third-order valence-corrected chi connectivity index (χ3v) is 2.81. The third-order valence-electron chi connectivity index (χ3n) is 2.81. The summed E-state index contributed by atoms with van der Waals surface area (Å²) in [7, 11) is 0. The second-order valence-electron chi connectivity index (χ2n) is 3.96. The van der Waals surface area contributed by atoms with Gasteiger partial charge < -0.3 is 4.42 Å². The van der Waals surface area contributed by atoms with Crippen molar-refractivity contribution in [2.45, 2.75) is 45.4 Å². The largest absolute Gasteiger partial charge is 0.428 e. The normalized spacial score (nSPS) is 15.2. The Hall–Kier alpha value is -1.05. The molecule has 1 aromatic heterocycles. The molecule has 1 aliphatic rings. The first-order valence-corrected chi connectivity index (χ1v) is 5.46. The van der Waals surface area contributed by atoms with Gasteiger partial charge in [-0.05, 0) is 43.7 Å². The molecule has 0 radical (unpaired) electrons. The van der Waals surface area contributed by atoms with E-state index in [-0.39, 0.29) is 5.63 Å². The first-order chi connectivity index (χ1) is 6.81. The predicted molar refractivity (Wildman–Crippen MR) is 55.6 cm³/mol. The molecule has 1 aromatic rings. The molecule has 76 valence electrons. The highest BCUT2D eigenvalue weighted by Crippen LogP contribution is 2.19. The van der Waals surface area contributed by atoms with Crippen LogP contribution < -0.4 is 5.63 Å². The molecule has 0 saturated carbocycles. The fourth-order valence-electron chi connectivity index (χ4n) is 2.10. The third kappa shape index (κ3) is 1.74. The average Bonchev–Trinajstić information content (AvgIpc) is 2.18. The van der Waals surface area contributed by atoms with E-state index in [1.54, 1.807) is 0 Å². The summed E-state index contributed by atoms with van der Waals surface area (Å²) in [4.78, 5) is 11.6. The first-order valence-electron chi connectivity index (χ1n) is 5.46. The summed E-state index contributed by atoms with van der Waals surface area (Å²) in [6.45, 7) is 2.10. The lowest BCUT2D eigenvalue weighted by Crippen LogP contribution is -2.16. The quantitative estimate of drug-likeness (QED) is 0.720. The number of aryl methyl sites for hydroxylation is 2. The molecule has 0 N–H and O–H groups in total. The Morgan fingerprint density at radius 1 is 1.36 bits per heavy atom. The van der Waals surface area contributed by atoms with Gasteiger partial charge in [-0.25, -0.2) is 4.79 Å². The van der Waals surface area contributed by atoms with Crippen molar-refractivity contribution in [3.05, 3.63) is 33.4 Å². The topological polar surface area (TPSA) is 30.2 Å². The Morgan fingerprint density at radius 2 is 2.14 bits per heavy atom. The molecule has 0 atom stereocenters. The van der Waals surface area contributed by atoms with Crippen molar-refractivity contribution >= 4 is 0 Å². The summed E-state index contributed by atoms with van der Waals surface area (Å²) in [5.41, 5.74) is 2.07. The molecule has 0 amide bonds. The molecule has 0 bridgehead atoms. The van der Waals surface area contributed by atoms with Crippen LogP contribution in [0.1, 0.15) is 43.1 Å². The van der Waals surface area contributed by atoms with Crippen LogP contribution in [0.15, 0.2) is 15.3 Å². The number of rotatable bonds is 2. The first kappa shape index (κ1) is 9.50. The molecular weight excluding hydrogens is 176 g/mol. The molecule has 2 heteroatoms. The van der Waals surface area contributed by atoms with Gasteiger partial charge in [-0.1, -0.05) is 6.92 Å². The minimum atomic E-state index is -0.0920. The Bertz CT molecular complexity index is 376. The molecule has 14 heavy (non-hydrogen) atoms. The van der Waals surface area contributed by atoms with Crippen molar-refractivity contribution in [1.82, 2.24) is 0 Å². The zero-order valence-electron chi connectivity index (χ0n) is 8.64. The molecule has 0 unspecified atom stereocenters. The molecule has 0 saturated heterocycles. The Morgan fingerprint density at radius 3 is 2.93 bits per heavy atom. The van der Waals surface area contributed by atoms with Crippen LogP contribution in [0.25, 0.3) is 0 Å². The lowest BCUT2D eigenvalue weighted by molar-refractivity contribution is 0.440. The number of fused-ring (bicyclic) bond motifs is 1. The zero-order valence-corrected chi connectivity index (χ0v) is 8.64. The predicted octanol–water partition coefficient (Wildman–Crippen LogP) is 2.47. The van der Waals surface area contributed by atoms with Crippen LogP contribution in [0.2, 0.25) is 0 Å². The molecule has 0 aromatic carbocycles. The van der Waals surface area contributed by atoms with E-state index in [2.05, 4.69) is 13.0 Å². The maximum Gasteiger partial charge on any atom is 0.339 e. The van der Waals surface area contributed by atoms with Crippen molar-refractivity contribution < 1.29 is 4.42 Å². The van der Waals surface area contributed by atoms with Gasteiger partial charge in [-0.15, -0.1) is 0 Å². The van der Waals surface area contributed by atoms with Gasteiger partial charge in [-0.2, -0.15) is 0 Å². The van der Waals surface area contributed by atoms with Crippen LogP contribution in [-0.4, -0.2) is 0 Å². The van der Waals surface area contributed by atoms with Gasteiger partial charge in [-0.3, -0.25) is 0 Å². The average molecular weight is 192 g/mol. The van der Waals surface area contributed by atoms with Crippen LogP contribution in [-0.2, 0) is 19.3 Å². The van der Waals surface area contributed by atoms with Crippen molar-refractivity contribution in [1.29, 1.82) is 0 Å². The van der Waals surface area contributed by atoms with Crippen LogP contribution in [0.5, 0.6) is 0 Å². The van der Waals surface area contributed by atoms with Crippen molar-refractivity contribution in [2.75, 3.05) is 0 Å². The van der Waals surface area contributed by atoms with Crippen LogP contribution in [0.3, 0.4) is 0 Å². The SMILES string of the molecule is CCCc1cc2c(c(=O)o1)CCCC2. The molecule has 0 fully saturated rings. The fourth-order valence-corrected chi connectivity index (χ4v) is 2.10. The van der Waals surface area contributed by atoms with E-state index in [0.29, 0.717) is 0 Å². The fraction of sp³-hybridized carbons (Fsp3) is 0.583. The Balaban J connectivity index is 2.41. The lowest BCUT2D eigenvalue weighted by atomic mass is 9.93. The van der Waals surface area contributed by atoms with E-state index in [9.17, 15) is 4.79 Å². The van der Waals surface area contributed by atoms with Gasteiger partial charge in [0.2, 0.25) is 0 Å². The van der Waals surface area contributed by atoms with Gasteiger partial charge in [0.05, 0.1) is 0 Å². The monoisotopic (exact) mass is 192 g/mol. The van der Waals surface area contributed by atoms with E-state index in [1.165, 1.54) is 12.0 Å². The van der Waals surface area contributed by atoms with E-state index < -0.39 is 0 Å². The van der Waals surface area contributed by atoms with Gasteiger partial charge in [0.15, 0.2) is 0 Å². The summed E-state index contributed by atoms with van der Waals surface area (Å²) >= 11 is 0. The van der Waals surface area contributed by atoms with E-state index >= 15 is 0 Å². The van der Waals surface area contributed by atoms with Gasteiger partial charge in [0, 0.05) is 12.0 Å². The Labute approximate surface area is 83.9 Å². The van der Waals surface area contributed by atoms with Crippen molar-refractivity contribution in [2.24, 2.45) is 0 Å². The van der Waals surface area contributed by atoms with E-state index in [0.717, 1.165) is 43.4 Å². The number of hydrogen-bond donors (Lipinski definition) is 0. The standard InChI is InChI=1S/C12H16O2/c1-2-5-10-8-9-6-3-4-7-11(9)12(13)14-10/h8H,2-7H2,1H3. The smallest absolute Gasteiger partial charge is 0.339 e. The maximum atomic E-state index is 11.6. The molecule has 2 nitrogen and oxygen atoms in total. The van der Waals surface area contributed by atoms with Crippen molar-refractivity contribution in [3.63, 3.8) is 0 Å². The minimum absolute atomic E-state index is 0.0920. The maximum absolute atomic E-state index is 11.6. The highest BCUT2D eigenvalue weighted by Gasteiger charge is 2.14. The highest BCUT2D eigenvalue weighted by molar-refractivity contribution is 5.27. The van der Waals surface area contributed by atoms with Gasteiger partial charge >= 0.3 is 5.63 Å². The summed E-state index contributed by atoms with van der Waals surface area (Å²) in [6.07, 6.45) is 6.21. The molecule has 2 rings (SSSR count).